The van der Waals surface area contributed by atoms with Gasteiger partial charge in [-0.1, -0.05) is 11.6 Å². The second kappa shape index (κ2) is 4.33. The fourth-order valence-corrected chi connectivity index (χ4v) is 1.31. The number of benzene rings is 1. The summed E-state index contributed by atoms with van der Waals surface area (Å²) < 4.78 is 4.84. The molecule has 0 heterocycles. The molecule has 0 aliphatic carbocycles. The number of aryl methyl sites for hydroxylation is 1. The standard InChI is InChI=1S/C10H12ClNO2/c1-3-14-10(13)7-4-6(2)9(12)5-8(7)11/h4-5H,3,12H2,1-2H3. The Morgan fingerprint density at radius 1 is 1.57 bits per heavy atom. The summed E-state index contributed by atoms with van der Waals surface area (Å²) in [7, 11) is 0. The third kappa shape index (κ3) is 2.17. The van der Waals surface area contributed by atoms with Crippen LogP contribution in [0.25, 0.3) is 0 Å². The molecule has 0 spiro atoms. The molecular weight excluding hydrogens is 202 g/mol. The zero-order chi connectivity index (χ0) is 10.7. The first-order valence-electron chi connectivity index (χ1n) is 4.29. The third-order valence-corrected chi connectivity index (χ3v) is 2.16. The molecule has 1 aromatic rings. The Balaban J connectivity index is 3.09. The highest BCUT2D eigenvalue weighted by Crippen LogP contribution is 2.23. The second-order valence-electron chi connectivity index (χ2n) is 2.91. The van der Waals surface area contributed by atoms with Gasteiger partial charge in [-0.05, 0) is 31.5 Å². The average molecular weight is 214 g/mol. The van der Waals surface area contributed by atoms with E-state index in [2.05, 4.69) is 0 Å². The molecule has 0 saturated carbocycles. The van der Waals surface area contributed by atoms with Crippen LogP contribution in [0.15, 0.2) is 12.1 Å². The van der Waals surface area contributed by atoms with Crippen molar-refractivity contribution in [3.63, 3.8) is 0 Å². The molecule has 14 heavy (non-hydrogen) atoms. The maximum atomic E-state index is 11.4. The number of hydrogen-bond donors (Lipinski definition) is 1. The van der Waals surface area contributed by atoms with Gasteiger partial charge in [0, 0.05) is 5.69 Å². The molecule has 0 fully saturated rings. The molecule has 0 amide bonds. The highest BCUT2D eigenvalue weighted by atomic mass is 35.5. The summed E-state index contributed by atoms with van der Waals surface area (Å²) >= 11 is 5.85. The van der Waals surface area contributed by atoms with Crippen molar-refractivity contribution in [1.82, 2.24) is 0 Å². The zero-order valence-corrected chi connectivity index (χ0v) is 8.89. The van der Waals surface area contributed by atoms with Crippen LogP contribution in [0.4, 0.5) is 5.69 Å². The molecule has 0 aliphatic heterocycles. The van der Waals surface area contributed by atoms with Crippen molar-refractivity contribution < 1.29 is 9.53 Å². The van der Waals surface area contributed by atoms with E-state index in [4.69, 9.17) is 22.1 Å². The summed E-state index contributed by atoms with van der Waals surface area (Å²) in [6.45, 7) is 3.89. The van der Waals surface area contributed by atoms with Crippen LogP contribution < -0.4 is 5.73 Å². The minimum absolute atomic E-state index is 0.326. The predicted octanol–water partition coefficient (Wildman–Crippen LogP) is 2.41. The lowest BCUT2D eigenvalue weighted by molar-refractivity contribution is 0.0526. The highest BCUT2D eigenvalue weighted by Gasteiger charge is 2.12. The molecule has 0 atom stereocenters. The van der Waals surface area contributed by atoms with E-state index < -0.39 is 5.97 Å². The van der Waals surface area contributed by atoms with Crippen LogP contribution in [-0.2, 0) is 4.74 Å². The Morgan fingerprint density at radius 2 is 2.21 bits per heavy atom. The van der Waals surface area contributed by atoms with Crippen LogP contribution >= 0.6 is 11.6 Å². The van der Waals surface area contributed by atoms with Gasteiger partial charge in [-0.3, -0.25) is 0 Å². The zero-order valence-electron chi connectivity index (χ0n) is 8.13. The first-order chi connectivity index (χ1) is 6.56. The van der Waals surface area contributed by atoms with Crippen LogP contribution in [0.2, 0.25) is 5.02 Å². The van der Waals surface area contributed by atoms with Gasteiger partial charge in [0.15, 0.2) is 0 Å². The molecule has 4 heteroatoms. The number of carbonyl (C=O) groups is 1. The molecule has 0 saturated heterocycles. The van der Waals surface area contributed by atoms with E-state index in [1.165, 1.54) is 0 Å². The number of carbonyl (C=O) groups excluding carboxylic acids is 1. The Kier molecular flexibility index (Phi) is 3.36. The number of anilines is 1. The number of esters is 1. The molecule has 0 aromatic heterocycles. The topological polar surface area (TPSA) is 52.3 Å². The van der Waals surface area contributed by atoms with E-state index in [9.17, 15) is 4.79 Å². The molecule has 0 bridgehead atoms. The van der Waals surface area contributed by atoms with Gasteiger partial charge in [0.2, 0.25) is 0 Å². The smallest absolute Gasteiger partial charge is 0.339 e. The van der Waals surface area contributed by atoms with E-state index >= 15 is 0 Å². The van der Waals surface area contributed by atoms with Gasteiger partial charge in [-0.25, -0.2) is 4.79 Å². The summed E-state index contributed by atoms with van der Waals surface area (Å²) in [5, 5.41) is 0.326. The molecule has 2 N–H and O–H groups in total. The maximum absolute atomic E-state index is 11.4. The van der Waals surface area contributed by atoms with Gasteiger partial charge in [0.25, 0.3) is 0 Å². The van der Waals surface area contributed by atoms with Gasteiger partial charge in [-0.15, -0.1) is 0 Å². The molecule has 0 radical (unpaired) electrons. The fourth-order valence-electron chi connectivity index (χ4n) is 1.06. The van der Waals surface area contributed by atoms with Gasteiger partial charge in [-0.2, -0.15) is 0 Å². The van der Waals surface area contributed by atoms with Gasteiger partial charge < -0.3 is 10.5 Å². The van der Waals surface area contributed by atoms with E-state index in [0.717, 1.165) is 5.56 Å². The number of hydrogen-bond acceptors (Lipinski definition) is 3. The largest absolute Gasteiger partial charge is 0.462 e. The molecule has 0 aliphatic rings. The molecule has 76 valence electrons. The predicted molar refractivity (Wildman–Crippen MR) is 56.6 cm³/mol. The Morgan fingerprint density at radius 3 is 2.79 bits per heavy atom. The van der Waals surface area contributed by atoms with E-state index in [-0.39, 0.29) is 0 Å². The average Bonchev–Trinajstić information content (AvgIpc) is 2.11. The lowest BCUT2D eigenvalue weighted by Crippen LogP contribution is -2.06. The van der Waals surface area contributed by atoms with Crippen LogP contribution in [0.5, 0.6) is 0 Å². The van der Waals surface area contributed by atoms with Crippen molar-refractivity contribution in [1.29, 1.82) is 0 Å². The number of halogens is 1. The minimum atomic E-state index is -0.416. The summed E-state index contributed by atoms with van der Waals surface area (Å²) in [6, 6.07) is 3.19. The van der Waals surface area contributed by atoms with E-state index in [1.54, 1.807) is 19.1 Å². The minimum Gasteiger partial charge on any atom is -0.462 e. The lowest BCUT2D eigenvalue weighted by Gasteiger charge is -2.07. The molecule has 1 aromatic carbocycles. The normalized spacial score (nSPS) is 9.93. The number of ether oxygens (including phenoxy) is 1. The van der Waals surface area contributed by atoms with E-state index in [1.807, 2.05) is 6.92 Å². The van der Waals surface area contributed by atoms with Crippen molar-refractivity contribution in [2.45, 2.75) is 13.8 Å². The van der Waals surface area contributed by atoms with Crippen molar-refractivity contribution in [2.24, 2.45) is 0 Å². The fraction of sp³-hybridized carbons (Fsp3) is 0.300. The molecule has 3 nitrogen and oxygen atoms in total. The Hall–Kier alpha value is -1.22. The summed E-state index contributed by atoms with van der Waals surface area (Å²) in [6.07, 6.45) is 0. The number of nitrogens with two attached hydrogens (primary N) is 1. The maximum Gasteiger partial charge on any atom is 0.339 e. The summed E-state index contributed by atoms with van der Waals surface area (Å²) in [5.74, 6) is -0.416. The number of nitrogen functional groups attached to an aromatic ring is 1. The molecule has 1 rings (SSSR count). The summed E-state index contributed by atoms with van der Waals surface area (Å²) in [4.78, 5) is 11.4. The van der Waals surface area contributed by atoms with Gasteiger partial charge >= 0.3 is 5.97 Å². The van der Waals surface area contributed by atoms with Crippen molar-refractivity contribution in [3.05, 3.63) is 28.3 Å². The summed E-state index contributed by atoms with van der Waals surface area (Å²) in [5.41, 5.74) is 7.38. The first-order valence-corrected chi connectivity index (χ1v) is 4.66. The Bertz CT molecular complexity index is 363. The van der Waals surface area contributed by atoms with Gasteiger partial charge in [0.1, 0.15) is 0 Å². The Labute approximate surface area is 87.8 Å². The SMILES string of the molecule is CCOC(=O)c1cc(C)c(N)cc1Cl. The third-order valence-electron chi connectivity index (χ3n) is 1.85. The van der Waals surface area contributed by atoms with Crippen LogP contribution in [-0.4, -0.2) is 12.6 Å². The molecule has 0 unspecified atom stereocenters. The van der Waals surface area contributed by atoms with Crippen LogP contribution in [0.1, 0.15) is 22.8 Å². The van der Waals surface area contributed by atoms with Crippen LogP contribution in [0.3, 0.4) is 0 Å². The number of rotatable bonds is 2. The lowest BCUT2D eigenvalue weighted by atomic mass is 10.1. The monoisotopic (exact) mass is 213 g/mol. The van der Waals surface area contributed by atoms with E-state index in [0.29, 0.717) is 22.9 Å². The van der Waals surface area contributed by atoms with Crippen molar-refractivity contribution in [3.8, 4) is 0 Å². The van der Waals surface area contributed by atoms with Crippen molar-refractivity contribution >= 4 is 23.3 Å². The second-order valence-corrected chi connectivity index (χ2v) is 3.32. The van der Waals surface area contributed by atoms with Gasteiger partial charge in [0.05, 0.1) is 17.2 Å². The van der Waals surface area contributed by atoms with Crippen molar-refractivity contribution in [2.75, 3.05) is 12.3 Å². The highest BCUT2D eigenvalue weighted by molar-refractivity contribution is 6.33. The first kappa shape index (κ1) is 10.9. The quantitative estimate of drug-likeness (QED) is 0.606. The molecular formula is C10H12ClNO2. The van der Waals surface area contributed by atoms with Crippen LogP contribution in [0, 0.1) is 6.92 Å².